The number of hydrogen-bond donors (Lipinski definition) is 8. The summed E-state index contributed by atoms with van der Waals surface area (Å²) in [4.78, 5) is 140. The number of rotatable bonds is 42. The lowest BCUT2D eigenvalue weighted by Crippen LogP contribution is -2.60. The van der Waals surface area contributed by atoms with Crippen molar-refractivity contribution in [1.29, 1.82) is 0 Å². The van der Waals surface area contributed by atoms with Crippen molar-refractivity contribution in [2.45, 2.75) is 180 Å². The fourth-order valence-electron chi connectivity index (χ4n) is 11.6. The molecule has 33 heteroatoms. The van der Waals surface area contributed by atoms with Crippen LogP contribution in [0.25, 0.3) is 0 Å². The van der Waals surface area contributed by atoms with Crippen LogP contribution in [-0.4, -0.2) is 189 Å². The molecule has 0 spiro atoms. The molecule has 9 N–H and O–H groups in total. The largest absolute Gasteiger partial charge is 0.445 e. The van der Waals surface area contributed by atoms with E-state index in [1.807, 2.05) is 68.4 Å². The number of likely N-dealkylation sites (N-methyl/N-ethyl adjacent to an activating group) is 1. The molecule has 9 amide bonds. The van der Waals surface area contributed by atoms with Crippen LogP contribution in [0.5, 0.6) is 5.75 Å². The molecule has 27 nitrogen and oxygen atoms in total. The van der Waals surface area contributed by atoms with Crippen molar-refractivity contribution in [3.8, 4) is 5.75 Å². The second-order valence-electron chi connectivity index (χ2n) is 26.4. The van der Waals surface area contributed by atoms with Crippen LogP contribution in [0, 0.1) is 46.8 Å². The zero-order chi connectivity index (χ0) is 77.1. The monoisotopic (exact) mass is 1490 g/mol. The Balaban J connectivity index is 1.04. The van der Waals surface area contributed by atoms with Crippen LogP contribution in [0.1, 0.15) is 129 Å². The number of primary amides is 1. The standard InChI is InChI=1S/C71H98F5N11O16S/c1-13-40(4)61(51(98-11)36-54(90)87-28-17-20-50(87)62(99-12)41(5)64(92)83-48(68-78-27-33-104-68)34-44-18-15-14-16-19-44)86(10)37-49(39(2)3)84-69(96)71(8,9)85-70(97)102-38-45-21-23-46(24-22-45)81-67(95)47(35-52(77)88)82-66(94)43(7)80-65(93)42(6)79-53(89)25-29-100-31-32-101-30-26-55(91)103-63-59(75)57(73)56(72)58(74)60(63)76/h14-16,18-19,21-24,27,33,39-43,47-51,61-62H,13,17,20,25-26,28-32,34-38H2,1-12H3,(H2,77,88)(H,79,89)(H,80,93)(H,81,95)(H,82,94)(H,83,92)(H,84,96)(H,85,97). The van der Waals surface area contributed by atoms with E-state index in [1.54, 1.807) is 20.4 Å². The summed E-state index contributed by atoms with van der Waals surface area (Å²) in [5, 5.41) is 21.4. The van der Waals surface area contributed by atoms with Gasteiger partial charge in [0.15, 0.2) is 0 Å². The molecule has 1 saturated heterocycles. The van der Waals surface area contributed by atoms with Crippen LogP contribution in [0.3, 0.4) is 0 Å². The van der Waals surface area contributed by atoms with Gasteiger partial charge in [-0.25, -0.2) is 22.9 Å². The number of carbonyl (C=O) groups is 10. The topological polar surface area (TPSA) is 356 Å². The smallest absolute Gasteiger partial charge is 0.408 e. The molecule has 1 fully saturated rings. The number of hydrogen-bond acceptors (Lipinski definition) is 19. The molecule has 1 aromatic heterocycles. The molecule has 5 rings (SSSR count). The highest BCUT2D eigenvalue weighted by Gasteiger charge is 2.43. The van der Waals surface area contributed by atoms with E-state index < -0.39 is 150 Å². The normalized spacial score (nSPS) is 16.0. The van der Waals surface area contributed by atoms with E-state index >= 15 is 0 Å². The predicted molar refractivity (Wildman–Crippen MR) is 372 cm³/mol. The fourth-order valence-corrected chi connectivity index (χ4v) is 12.3. The molecule has 0 radical (unpaired) electrons. The average Bonchev–Trinajstić information content (AvgIpc) is 1.46. The Morgan fingerprint density at radius 2 is 1.34 bits per heavy atom. The van der Waals surface area contributed by atoms with E-state index in [0.717, 1.165) is 23.4 Å². The van der Waals surface area contributed by atoms with E-state index in [9.17, 15) is 69.9 Å². The number of ether oxygens (including phenoxy) is 6. The van der Waals surface area contributed by atoms with Gasteiger partial charge in [-0.2, -0.15) is 8.78 Å². The lowest BCUT2D eigenvalue weighted by Gasteiger charge is -2.41. The number of amides is 9. The van der Waals surface area contributed by atoms with Crippen LogP contribution >= 0.6 is 11.3 Å². The number of benzene rings is 3. The van der Waals surface area contributed by atoms with Gasteiger partial charge in [0, 0.05) is 63.1 Å². The SMILES string of the molecule is CCC(C)C(C(CC(=O)N1CCCC1C(OC)C(C)C(=O)NC(Cc1ccccc1)c1nccs1)OC)N(C)CC(NC(=O)C(C)(C)NC(=O)OCc1ccc(NC(=O)C(CC(N)=O)NC(=O)C(C)NC(=O)C(C)NC(=O)CCOCCOCCC(=O)Oc2c(F)c(F)c(F)c(F)c2F)cc1)C(C)C. The molecular weight excluding hydrogens is 1390 g/mol. The summed E-state index contributed by atoms with van der Waals surface area (Å²) in [6.07, 6.45) is 0.889. The van der Waals surface area contributed by atoms with Crippen molar-refractivity contribution in [2.75, 3.05) is 66.1 Å². The maximum Gasteiger partial charge on any atom is 0.408 e. The van der Waals surface area contributed by atoms with Gasteiger partial charge in [0.1, 0.15) is 35.3 Å². The molecular formula is C71H98F5N11O16S. The molecule has 104 heavy (non-hydrogen) atoms. The number of carbonyl (C=O) groups excluding carboxylic acids is 10. The molecule has 3 aromatic carbocycles. The molecule has 11 atom stereocenters. The zero-order valence-electron chi connectivity index (χ0n) is 60.6. The number of anilines is 1. The summed E-state index contributed by atoms with van der Waals surface area (Å²) >= 11 is 1.47. The second-order valence-corrected chi connectivity index (χ2v) is 27.3. The third-order valence-electron chi connectivity index (χ3n) is 17.7. The van der Waals surface area contributed by atoms with Crippen molar-refractivity contribution >= 4 is 76.3 Å². The maximum atomic E-state index is 14.6. The van der Waals surface area contributed by atoms with Gasteiger partial charge in [-0.05, 0) is 89.1 Å². The molecule has 0 aliphatic carbocycles. The van der Waals surface area contributed by atoms with E-state index in [0.29, 0.717) is 31.5 Å². The van der Waals surface area contributed by atoms with Crippen LogP contribution in [0.4, 0.5) is 32.4 Å². The third kappa shape index (κ3) is 25.8. The summed E-state index contributed by atoms with van der Waals surface area (Å²) in [6.45, 7) is 15.4. The molecule has 2 heterocycles. The van der Waals surface area contributed by atoms with Gasteiger partial charge in [0.2, 0.25) is 82.1 Å². The van der Waals surface area contributed by atoms with Gasteiger partial charge in [0.05, 0.1) is 75.9 Å². The third-order valence-corrected chi connectivity index (χ3v) is 18.6. The number of nitrogens with one attached hydrogen (secondary N) is 7. The van der Waals surface area contributed by atoms with Gasteiger partial charge < -0.3 is 76.3 Å². The minimum absolute atomic E-state index is 0.0389. The number of esters is 1. The second kappa shape index (κ2) is 41.7. The lowest BCUT2D eigenvalue weighted by molar-refractivity contribution is -0.143. The van der Waals surface area contributed by atoms with Crippen molar-refractivity contribution in [2.24, 2.45) is 23.5 Å². The first-order chi connectivity index (χ1) is 49.2. The number of methoxy groups -OCH3 is 2. The van der Waals surface area contributed by atoms with Crippen molar-refractivity contribution in [1.82, 2.24) is 46.7 Å². The maximum absolute atomic E-state index is 14.6. The molecule has 1 aliphatic rings. The van der Waals surface area contributed by atoms with Crippen LogP contribution in [0.2, 0.25) is 0 Å². The van der Waals surface area contributed by atoms with Gasteiger partial charge in [0.25, 0.3) is 0 Å². The molecule has 4 aromatic rings. The van der Waals surface area contributed by atoms with E-state index in [1.165, 1.54) is 63.3 Å². The van der Waals surface area contributed by atoms with Crippen molar-refractivity contribution < 1.29 is 98.3 Å². The summed E-state index contributed by atoms with van der Waals surface area (Å²) in [6, 6.07) is 10.5. The number of aromatic nitrogens is 1. The van der Waals surface area contributed by atoms with E-state index in [2.05, 4.69) is 65.7 Å². The Morgan fingerprint density at radius 1 is 0.721 bits per heavy atom. The van der Waals surface area contributed by atoms with Crippen LogP contribution in [-0.2, 0) is 79.9 Å². The summed E-state index contributed by atoms with van der Waals surface area (Å²) in [5.41, 5.74) is 5.67. The number of halogens is 5. The summed E-state index contributed by atoms with van der Waals surface area (Å²) in [7, 11) is 5.09. The first-order valence-electron chi connectivity index (χ1n) is 34.2. The molecule has 574 valence electrons. The minimum atomic E-state index is -2.42. The highest BCUT2D eigenvalue weighted by molar-refractivity contribution is 7.09. The number of nitrogens with two attached hydrogens (primary N) is 1. The Hall–Kier alpha value is -8.76. The van der Waals surface area contributed by atoms with Gasteiger partial charge in [-0.1, -0.05) is 83.5 Å². The summed E-state index contributed by atoms with van der Waals surface area (Å²) < 4.78 is 99.9. The van der Waals surface area contributed by atoms with Gasteiger partial charge in [-0.3, -0.25) is 48.1 Å². The Morgan fingerprint density at radius 3 is 1.92 bits per heavy atom. The van der Waals surface area contributed by atoms with E-state index in [4.69, 9.17) is 29.4 Å². The zero-order valence-corrected chi connectivity index (χ0v) is 61.5. The Bertz CT molecular complexity index is 3500. The number of alkyl carbamates (subject to hydrolysis) is 1. The molecule has 0 bridgehead atoms. The average molecular weight is 1490 g/mol. The Labute approximate surface area is 606 Å². The first kappa shape index (κ1) is 85.9. The van der Waals surface area contributed by atoms with Crippen molar-refractivity contribution in [3.63, 3.8) is 0 Å². The van der Waals surface area contributed by atoms with Gasteiger partial charge in [-0.15, -0.1) is 11.3 Å². The van der Waals surface area contributed by atoms with Crippen molar-refractivity contribution in [3.05, 3.63) is 111 Å². The fraction of sp³-hybridized carbons (Fsp3) is 0.563. The van der Waals surface area contributed by atoms with Gasteiger partial charge >= 0.3 is 12.1 Å². The summed E-state index contributed by atoms with van der Waals surface area (Å²) in [5.74, 6) is -20.3. The van der Waals surface area contributed by atoms with E-state index in [-0.39, 0.29) is 86.7 Å². The quantitative estimate of drug-likeness (QED) is 0.00611. The molecule has 11 unspecified atom stereocenters. The highest BCUT2D eigenvalue weighted by Crippen LogP contribution is 2.32. The molecule has 0 saturated carbocycles. The number of thiazole rings is 1. The molecule has 1 aliphatic heterocycles. The highest BCUT2D eigenvalue weighted by atomic mass is 32.1. The minimum Gasteiger partial charge on any atom is -0.445 e. The number of nitrogens with zero attached hydrogens (tertiary/aromatic N) is 3. The lowest BCUT2D eigenvalue weighted by atomic mass is 9.89. The predicted octanol–water partition coefficient (Wildman–Crippen LogP) is 6.21. The first-order valence-corrected chi connectivity index (χ1v) is 35.1. The Kier molecular flexibility index (Phi) is 34.4. The number of likely N-dealkylation sites (tertiary alicyclic amines) is 1. The van der Waals surface area contributed by atoms with Crippen LogP contribution < -0.4 is 47.7 Å². The van der Waals surface area contributed by atoms with Crippen LogP contribution in [0.15, 0.2) is 66.2 Å².